The van der Waals surface area contributed by atoms with Crippen LogP contribution >= 0.6 is 34.0 Å². The van der Waals surface area contributed by atoms with Gasteiger partial charge in [0.1, 0.15) is 46.0 Å². The zero-order valence-electron chi connectivity index (χ0n) is 48.0. The molecule has 0 spiro atoms. The van der Waals surface area contributed by atoms with Crippen LogP contribution in [0.2, 0.25) is 0 Å². The third-order valence-electron chi connectivity index (χ3n) is 15.9. The van der Waals surface area contributed by atoms with Crippen molar-refractivity contribution >= 4 is 177 Å². The van der Waals surface area contributed by atoms with E-state index in [9.17, 15) is 34.8 Å². The van der Waals surface area contributed by atoms with Crippen molar-refractivity contribution in [2.45, 2.75) is 34.6 Å². The van der Waals surface area contributed by atoms with E-state index in [1.54, 1.807) is 81.2 Å². The van der Waals surface area contributed by atoms with Crippen molar-refractivity contribution in [3.63, 3.8) is 0 Å². The molecule has 0 radical (unpaired) electrons. The van der Waals surface area contributed by atoms with Crippen LogP contribution in [0.4, 0.5) is 0 Å². The predicted molar refractivity (Wildman–Crippen MR) is 353 cm³/mol. The number of carbonyl (C=O) groups excluding carboxylic acids is 3. The standard InChI is InChI=1S/C27H20O6S.C24H20O3S.C20H12O4S/c1-13-17-9-5-6-10-18(17)24(32-15(3)29)26-21(13)22-23(31-14(2)28)19-11-7-8-12-20(19)25(27(22)34-26)33-16(4)30;1-13-14-9-5-6-10-15(14)21(26-3)23-18(13)19-20(25-2)16-11-7-8-12-17(16)22(27-4)24(19)28-23;21-15-9-5-1-3-7-11(9)17(23)19-13(15)14-16(22)10-6-2-4-8-12(10)18(24)20(14)25-19/h5-12H,1-4H3;5-12H,1-4H3;1-8,21-24H. The van der Waals surface area contributed by atoms with Crippen molar-refractivity contribution in [2.75, 3.05) is 21.3 Å². The number of fused-ring (bicyclic) bond motifs is 15. The molecule has 0 amide bonds. The van der Waals surface area contributed by atoms with Crippen molar-refractivity contribution < 1.29 is 63.2 Å². The van der Waals surface area contributed by atoms with Gasteiger partial charge in [-0.05, 0) is 35.7 Å². The lowest BCUT2D eigenvalue weighted by atomic mass is 9.96. The van der Waals surface area contributed by atoms with E-state index in [0.717, 1.165) is 81.3 Å². The van der Waals surface area contributed by atoms with Crippen LogP contribution in [-0.4, -0.2) is 59.7 Å². The number of ether oxygens (including phenoxy) is 6. The molecule has 0 aliphatic carbocycles. The Morgan fingerprint density at radius 3 is 0.908 bits per heavy atom. The summed E-state index contributed by atoms with van der Waals surface area (Å²) in [5.74, 6) is 2.53. The predicted octanol–water partition coefficient (Wildman–Crippen LogP) is 18.3. The number of rotatable bonds is 6. The number of phenolic OH excluding ortho intramolecular Hbond substituents is 4. The van der Waals surface area contributed by atoms with Gasteiger partial charge in [0.15, 0.2) is 11.5 Å². The number of hydrogen-bond acceptors (Lipinski definition) is 16. The van der Waals surface area contributed by atoms with Crippen molar-refractivity contribution in [1.82, 2.24) is 0 Å². The van der Waals surface area contributed by atoms with E-state index in [-0.39, 0.29) is 23.0 Å². The third-order valence-corrected chi connectivity index (χ3v) is 19.4. The Morgan fingerprint density at radius 1 is 0.287 bits per heavy atom. The van der Waals surface area contributed by atoms with Crippen LogP contribution in [0, 0.1) is 13.8 Å². The van der Waals surface area contributed by atoms with Crippen molar-refractivity contribution in [3.8, 4) is 57.5 Å². The molecule has 4 N–H and O–H groups in total. The first-order valence-corrected chi connectivity index (χ1v) is 30.0. The number of benzene rings is 12. The van der Waals surface area contributed by atoms with Gasteiger partial charge in [0.05, 0.1) is 60.3 Å². The fraction of sp³-hybridized carbons (Fsp3) is 0.113. The first kappa shape index (κ1) is 56.0. The second kappa shape index (κ2) is 21.7. The highest BCUT2D eigenvalue weighted by atomic mass is 32.1. The van der Waals surface area contributed by atoms with E-state index < -0.39 is 17.9 Å². The SMILES string of the molecule is CC(=O)Oc1c2ccccc2c(C)c2c1sc1c(OC(C)=O)c3ccccc3c(OC(C)=O)c12.COc1c2ccccc2c(C)c2c1sc1c(OC)c3ccccc3c(OC)c12.Oc1c2ccccc2c(O)c2c1sc1c(O)c3ccccc3c(O)c12. The average molecular weight is 1210 g/mol. The van der Waals surface area contributed by atoms with E-state index in [2.05, 4.69) is 43.3 Å². The summed E-state index contributed by atoms with van der Waals surface area (Å²) < 4.78 is 39.4. The second-order valence-corrected chi connectivity index (χ2v) is 23.9. The van der Waals surface area contributed by atoms with Crippen molar-refractivity contribution in [2.24, 2.45) is 0 Å². The van der Waals surface area contributed by atoms with Gasteiger partial charge in [0.2, 0.25) is 0 Å². The molecule has 16 heteroatoms. The molecule has 12 aromatic carbocycles. The number of aryl methyl sites for hydroxylation is 2. The Labute approximate surface area is 507 Å². The van der Waals surface area contributed by atoms with Crippen LogP contribution in [0.5, 0.6) is 57.5 Å². The molecule has 0 saturated heterocycles. The highest BCUT2D eigenvalue weighted by molar-refractivity contribution is 7.27. The van der Waals surface area contributed by atoms with Crippen LogP contribution in [-0.2, 0) is 14.4 Å². The Hall–Kier alpha value is -10.1. The quantitative estimate of drug-likeness (QED) is 0.0700. The van der Waals surface area contributed by atoms with Crippen LogP contribution < -0.4 is 28.4 Å². The molecule has 15 aromatic rings. The summed E-state index contributed by atoms with van der Waals surface area (Å²) in [7, 11) is 5.22. The Kier molecular flexibility index (Phi) is 14.0. The Balaban J connectivity index is 0.000000122. The van der Waals surface area contributed by atoms with Gasteiger partial charge in [0.25, 0.3) is 0 Å². The third kappa shape index (κ3) is 8.72. The van der Waals surface area contributed by atoms with Gasteiger partial charge in [0, 0.05) is 96.2 Å². The summed E-state index contributed by atoms with van der Waals surface area (Å²) >= 11 is 4.20. The van der Waals surface area contributed by atoms with Crippen LogP contribution in [0.15, 0.2) is 146 Å². The number of carbonyl (C=O) groups is 3. The van der Waals surface area contributed by atoms with Gasteiger partial charge in [-0.25, -0.2) is 0 Å². The van der Waals surface area contributed by atoms with E-state index >= 15 is 0 Å². The lowest BCUT2D eigenvalue weighted by Crippen LogP contribution is -2.05. The smallest absolute Gasteiger partial charge is 0.308 e. The lowest BCUT2D eigenvalue weighted by Gasteiger charge is -2.14. The normalized spacial score (nSPS) is 11.5. The topological polar surface area (TPSA) is 188 Å². The molecule has 0 unspecified atom stereocenters. The molecule has 0 saturated carbocycles. The largest absolute Gasteiger partial charge is 0.507 e. The minimum Gasteiger partial charge on any atom is -0.507 e. The van der Waals surface area contributed by atoms with Gasteiger partial charge in [-0.2, -0.15) is 0 Å². The van der Waals surface area contributed by atoms with Gasteiger partial charge in [-0.1, -0.05) is 146 Å². The number of methoxy groups -OCH3 is 3. The first-order valence-electron chi connectivity index (χ1n) is 27.5. The molecule has 3 aromatic heterocycles. The number of thiophene rings is 3. The zero-order valence-corrected chi connectivity index (χ0v) is 50.5. The molecular weight excluding hydrogens is 1160 g/mol. The van der Waals surface area contributed by atoms with Gasteiger partial charge < -0.3 is 48.8 Å². The fourth-order valence-corrected chi connectivity index (χ4v) is 16.3. The highest BCUT2D eigenvalue weighted by Gasteiger charge is 2.29. The minimum absolute atomic E-state index is 0.0142. The summed E-state index contributed by atoms with van der Waals surface area (Å²) in [5.41, 5.74) is 2.17. The Morgan fingerprint density at radius 2 is 0.529 bits per heavy atom. The van der Waals surface area contributed by atoms with Crippen LogP contribution in [0.25, 0.3) is 125 Å². The molecule has 0 fully saturated rings. The lowest BCUT2D eigenvalue weighted by molar-refractivity contribution is -0.132. The second-order valence-electron chi connectivity index (χ2n) is 20.8. The van der Waals surface area contributed by atoms with E-state index in [1.165, 1.54) is 48.4 Å². The zero-order chi connectivity index (χ0) is 60.9. The van der Waals surface area contributed by atoms with Gasteiger partial charge in [-0.15, -0.1) is 34.0 Å². The maximum Gasteiger partial charge on any atom is 0.308 e. The van der Waals surface area contributed by atoms with Crippen molar-refractivity contribution in [1.29, 1.82) is 0 Å². The van der Waals surface area contributed by atoms with Gasteiger partial charge >= 0.3 is 17.9 Å². The molecule has 0 aliphatic heterocycles. The molecule has 0 atom stereocenters. The van der Waals surface area contributed by atoms with E-state index in [4.69, 9.17) is 28.4 Å². The van der Waals surface area contributed by atoms with Crippen LogP contribution in [0.1, 0.15) is 31.9 Å². The minimum atomic E-state index is -0.468. The van der Waals surface area contributed by atoms with E-state index in [1.807, 2.05) is 67.6 Å². The molecular formula is C71H52O13S3. The van der Waals surface area contributed by atoms with Crippen LogP contribution in [0.3, 0.4) is 0 Å². The highest BCUT2D eigenvalue weighted by Crippen LogP contribution is 2.58. The molecule has 87 heavy (non-hydrogen) atoms. The summed E-state index contributed by atoms with van der Waals surface area (Å²) in [5, 5.41) is 56.9. The monoisotopic (exact) mass is 1210 g/mol. The first-order chi connectivity index (χ1) is 42.1. The summed E-state index contributed by atoms with van der Waals surface area (Å²) in [6.07, 6.45) is 0. The molecule has 432 valence electrons. The van der Waals surface area contributed by atoms with Gasteiger partial charge in [-0.3, -0.25) is 14.4 Å². The number of esters is 3. The average Bonchev–Trinajstić information content (AvgIpc) is 1.64. The fourth-order valence-electron chi connectivity index (χ4n) is 12.3. The molecule has 0 bridgehead atoms. The Bertz CT molecular complexity index is 5360. The maximum absolute atomic E-state index is 12.2. The summed E-state index contributed by atoms with van der Waals surface area (Å²) in [4.78, 5) is 36.3. The summed E-state index contributed by atoms with van der Waals surface area (Å²) in [6, 6.07) is 45.6. The number of hydrogen-bond donors (Lipinski definition) is 4. The molecule has 3 heterocycles. The summed E-state index contributed by atoms with van der Waals surface area (Å²) in [6.45, 7) is 8.21. The van der Waals surface area contributed by atoms with Crippen molar-refractivity contribution in [3.05, 3.63) is 157 Å². The molecule has 15 rings (SSSR count). The number of phenols is 4. The number of aromatic hydroxyl groups is 4. The maximum atomic E-state index is 12.2. The molecule has 0 aliphatic rings. The molecule has 13 nitrogen and oxygen atoms in total. The van der Waals surface area contributed by atoms with E-state index in [0.29, 0.717) is 84.5 Å².